The van der Waals surface area contributed by atoms with Crippen LogP contribution in [0.4, 0.5) is 0 Å². The van der Waals surface area contributed by atoms with Gasteiger partial charge in [0.1, 0.15) is 0 Å². The maximum Gasteiger partial charge on any atom is 0.333 e. The minimum atomic E-state index is -0.413. The highest BCUT2D eigenvalue weighted by Crippen LogP contribution is 3.16. The molecule has 5 fully saturated rings. The fourth-order valence-corrected chi connectivity index (χ4v) is 5.18. The standard InChI is InChI=1S/C12H10O4/c1-4(2)8(13)15-11-6-3-5-7-10(6,11)12(7,11)16-9(5)14/h5-7H,1,3H2,2H3. The first-order valence-corrected chi connectivity index (χ1v) is 5.67. The summed E-state index contributed by atoms with van der Waals surface area (Å²) in [6.45, 7) is 5.22. The monoisotopic (exact) mass is 218 g/mol. The molecule has 0 radical (unpaired) electrons. The molecule has 2 spiro atoms. The Bertz CT molecular complexity index is 537. The molecule has 82 valence electrons. The second-order valence-corrected chi connectivity index (χ2v) is 5.80. The van der Waals surface area contributed by atoms with Crippen LogP contribution in [0, 0.1) is 23.2 Å². The molecular weight excluding hydrogens is 208 g/mol. The molecule has 1 heterocycles. The van der Waals surface area contributed by atoms with Crippen molar-refractivity contribution in [1.29, 1.82) is 0 Å². The minimum Gasteiger partial charge on any atom is -0.453 e. The van der Waals surface area contributed by atoms with E-state index in [9.17, 15) is 9.59 Å². The molecule has 5 rings (SSSR count). The van der Waals surface area contributed by atoms with E-state index in [1.54, 1.807) is 6.92 Å². The molecule has 1 saturated heterocycles. The van der Waals surface area contributed by atoms with Gasteiger partial charge < -0.3 is 9.47 Å². The second kappa shape index (κ2) is 1.55. The largest absolute Gasteiger partial charge is 0.453 e. The number of ether oxygens (including phenoxy) is 2. The maximum absolute atomic E-state index is 11.6. The van der Waals surface area contributed by atoms with E-state index in [0.29, 0.717) is 17.4 Å². The molecule has 0 aromatic carbocycles. The van der Waals surface area contributed by atoms with Crippen molar-refractivity contribution in [3.8, 4) is 0 Å². The van der Waals surface area contributed by atoms with E-state index in [0.717, 1.165) is 6.42 Å². The molecule has 0 bridgehead atoms. The number of esters is 2. The van der Waals surface area contributed by atoms with Gasteiger partial charge in [-0.2, -0.15) is 0 Å². The summed E-state index contributed by atoms with van der Waals surface area (Å²) in [5.74, 6) is 0.452. The summed E-state index contributed by atoms with van der Waals surface area (Å²) in [5, 5.41) is 0. The molecule has 6 atom stereocenters. The predicted molar refractivity (Wildman–Crippen MR) is 50.0 cm³/mol. The normalized spacial score (nSPS) is 64.3. The van der Waals surface area contributed by atoms with Crippen molar-refractivity contribution in [2.45, 2.75) is 24.5 Å². The quantitative estimate of drug-likeness (QED) is 0.498. The van der Waals surface area contributed by atoms with Crippen molar-refractivity contribution in [2.75, 3.05) is 0 Å². The summed E-state index contributed by atoms with van der Waals surface area (Å²) in [6, 6.07) is 0. The van der Waals surface area contributed by atoms with E-state index >= 15 is 0 Å². The van der Waals surface area contributed by atoms with Crippen molar-refractivity contribution in [3.05, 3.63) is 12.2 Å². The van der Waals surface area contributed by atoms with E-state index in [4.69, 9.17) is 9.47 Å². The Hall–Kier alpha value is -1.32. The van der Waals surface area contributed by atoms with Gasteiger partial charge in [0.2, 0.25) is 0 Å². The van der Waals surface area contributed by atoms with E-state index in [1.165, 1.54) is 0 Å². The van der Waals surface area contributed by atoms with Crippen LogP contribution < -0.4 is 0 Å². The fraction of sp³-hybridized carbons (Fsp3) is 0.667. The van der Waals surface area contributed by atoms with Crippen molar-refractivity contribution >= 4 is 11.9 Å². The molecule has 1 aliphatic heterocycles. The Labute approximate surface area is 91.6 Å². The molecule has 0 N–H and O–H groups in total. The van der Waals surface area contributed by atoms with Crippen LogP contribution in [0.3, 0.4) is 0 Å². The SMILES string of the molecule is C=C(C)C(=O)OC12C3CC4C(=O)OC15C4C325. The van der Waals surface area contributed by atoms with Crippen LogP contribution in [0.25, 0.3) is 0 Å². The highest BCUT2D eigenvalue weighted by molar-refractivity contribution is 5.96. The lowest BCUT2D eigenvalue weighted by Crippen LogP contribution is -2.36. The molecule has 4 heteroatoms. The van der Waals surface area contributed by atoms with Gasteiger partial charge in [0.15, 0.2) is 11.2 Å². The molecule has 4 saturated carbocycles. The maximum atomic E-state index is 11.6. The first-order valence-electron chi connectivity index (χ1n) is 5.67. The first-order chi connectivity index (χ1) is 7.55. The molecular formula is C12H10O4. The average Bonchev–Trinajstić information content (AvgIpc) is 3.04. The van der Waals surface area contributed by atoms with Gasteiger partial charge in [-0.1, -0.05) is 6.58 Å². The van der Waals surface area contributed by atoms with Crippen LogP contribution in [0.15, 0.2) is 12.2 Å². The average molecular weight is 218 g/mol. The van der Waals surface area contributed by atoms with Crippen LogP contribution in [0.1, 0.15) is 13.3 Å². The van der Waals surface area contributed by atoms with Crippen LogP contribution >= 0.6 is 0 Å². The highest BCUT2D eigenvalue weighted by Gasteiger charge is 3.32. The Kier molecular flexibility index (Phi) is 0.762. The second-order valence-electron chi connectivity index (χ2n) is 5.80. The molecule has 5 aliphatic rings. The van der Waals surface area contributed by atoms with Crippen LogP contribution in [0.5, 0.6) is 0 Å². The lowest BCUT2D eigenvalue weighted by Gasteiger charge is -2.23. The molecule has 0 amide bonds. The van der Waals surface area contributed by atoms with E-state index in [-0.39, 0.29) is 28.9 Å². The zero-order chi connectivity index (χ0) is 11.1. The Morgan fingerprint density at radius 2 is 2.38 bits per heavy atom. The first kappa shape index (κ1) is 7.87. The van der Waals surface area contributed by atoms with Crippen LogP contribution in [-0.4, -0.2) is 23.1 Å². The highest BCUT2D eigenvalue weighted by atomic mass is 16.7. The van der Waals surface area contributed by atoms with Crippen LogP contribution in [0.2, 0.25) is 0 Å². The molecule has 6 unspecified atom stereocenters. The third kappa shape index (κ3) is 0.356. The lowest BCUT2D eigenvalue weighted by molar-refractivity contribution is -0.157. The minimum absolute atomic E-state index is 0.0731. The van der Waals surface area contributed by atoms with E-state index in [1.807, 2.05) is 0 Å². The Balaban J connectivity index is 1.53. The number of carbonyl (C=O) groups excluding carboxylic acids is 2. The van der Waals surface area contributed by atoms with E-state index < -0.39 is 5.60 Å². The van der Waals surface area contributed by atoms with Gasteiger partial charge in [0.25, 0.3) is 0 Å². The van der Waals surface area contributed by atoms with Crippen molar-refractivity contribution in [2.24, 2.45) is 23.2 Å². The summed E-state index contributed by atoms with van der Waals surface area (Å²) in [7, 11) is 0. The number of fused-ring (bicyclic) bond motifs is 1. The van der Waals surface area contributed by atoms with E-state index in [2.05, 4.69) is 6.58 Å². The lowest BCUT2D eigenvalue weighted by atomic mass is 9.88. The van der Waals surface area contributed by atoms with Gasteiger partial charge >= 0.3 is 11.9 Å². The summed E-state index contributed by atoms with van der Waals surface area (Å²) in [5.41, 5.74) is -0.293. The zero-order valence-corrected chi connectivity index (χ0v) is 8.78. The van der Waals surface area contributed by atoms with Crippen molar-refractivity contribution < 1.29 is 19.1 Å². The fourth-order valence-electron chi connectivity index (χ4n) is 5.18. The Morgan fingerprint density at radius 3 is 3.06 bits per heavy atom. The van der Waals surface area contributed by atoms with Gasteiger partial charge in [0.05, 0.1) is 11.3 Å². The molecule has 16 heavy (non-hydrogen) atoms. The molecule has 0 aromatic heterocycles. The number of hydrogen-bond donors (Lipinski definition) is 0. The number of rotatable bonds is 2. The summed E-state index contributed by atoms with van der Waals surface area (Å²) in [4.78, 5) is 23.1. The molecule has 4 nitrogen and oxygen atoms in total. The third-order valence-electron chi connectivity index (χ3n) is 5.58. The molecule has 0 aromatic rings. The van der Waals surface area contributed by atoms with Gasteiger partial charge in [-0.15, -0.1) is 0 Å². The third-order valence-corrected chi connectivity index (χ3v) is 5.58. The van der Waals surface area contributed by atoms with Crippen molar-refractivity contribution in [1.82, 2.24) is 0 Å². The number of carbonyl (C=O) groups is 2. The Morgan fingerprint density at radius 1 is 1.62 bits per heavy atom. The van der Waals surface area contributed by atoms with Crippen molar-refractivity contribution in [3.63, 3.8) is 0 Å². The summed E-state index contributed by atoms with van der Waals surface area (Å²) in [6.07, 6.45) is 0.856. The summed E-state index contributed by atoms with van der Waals surface area (Å²) < 4.78 is 11.0. The van der Waals surface area contributed by atoms with Gasteiger partial charge in [-0.05, 0) is 13.3 Å². The van der Waals surface area contributed by atoms with Gasteiger partial charge in [0, 0.05) is 17.4 Å². The zero-order valence-electron chi connectivity index (χ0n) is 8.78. The van der Waals surface area contributed by atoms with Crippen LogP contribution in [-0.2, 0) is 19.1 Å². The van der Waals surface area contributed by atoms with Gasteiger partial charge in [-0.3, -0.25) is 4.79 Å². The topological polar surface area (TPSA) is 52.6 Å². The number of hydrogen-bond acceptors (Lipinski definition) is 4. The van der Waals surface area contributed by atoms with Gasteiger partial charge in [-0.25, -0.2) is 4.79 Å². The smallest absolute Gasteiger partial charge is 0.333 e. The molecule has 4 aliphatic carbocycles. The summed E-state index contributed by atoms with van der Waals surface area (Å²) >= 11 is 0. The predicted octanol–water partition coefficient (Wildman–Crippen LogP) is 0.420.